The van der Waals surface area contributed by atoms with E-state index in [2.05, 4.69) is 10.2 Å². The number of nitrogens with zero attached hydrogens (tertiary/aromatic N) is 1. The zero-order valence-electron chi connectivity index (χ0n) is 10.3. The highest BCUT2D eigenvalue weighted by molar-refractivity contribution is 4.80. The van der Waals surface area contributed by atoms with Crippen molar-refractivity contribution in [3.05, 3.63) is 0 Å². The van der Waals surface area contributed by atoms with Gasteiger partial charge in [-0.1, -0.05) is 0 Å². The van der Waals surface area contributed by atoms with Crippen LogP contribution < -0.4 is 5.32 Å². The number of likely N-dealkylation sites (tertiary alicyclic amines) is 1. The maximum Gasteiger partial charge on any atom is 0.415 e. The Morgan fingerprint density at radius 3 is 2.65 bits per heavy atom. The van der Waals surface area contributed by atoms with E-state index in [0.717, 1.165) is 25.9 Å². The summed E-state index contributed by atoms with van der Waals surface area (Å²) in [6.45, 7) is 3.41. The summed E-state index contributed by atoms with van der Waals surface area (Å²) in [7, 11) is 2.02. The number of rotatable bonds is 4. The summed E-state index contributed by atoms with van der Waals surface area (Å²) in [5, 5.41) is 11.7. The molecule has 3 atom stereocenters. The highest BCUT2D eigenvalue weighted by atomic mass is 19.4. The predicted molar refractivity (Wildman–Crippen MR) is 59.7 cm³/mol. The number of piperidine rings is 1. The van der Waals surface area contributed by atoms with E-state index in [4.69, 9.17) is 5.11 Å². The molecule has 1 aliphatic heterocycles. The third kappa shape index (κ3) is 4.81. The van der Waals surface area contributed by atoms with E-state index in [0.29, 0.717) is 5.92 Å². The number of alkyl halides is 3. The molecule has 0 saturated carbocycles. The van der Waals surface area contributed by atoms with Crippen molar-refractivity contribution in [3.8, 4) is 0 Å². The van der Waals surface area contributed by atoms with Crippen molar-refractivity contribution in [1.29, 1.82) is 0 Å². The molecule has 0 aromatic rings. The molecule has 6 heteroatoms. The van der Waals surface area contributed by atoms with E-state index < -0.39 is 18.8 Å². The Hall–Kier alpha value is -0.330. The average Bonchev–Trinajstić information content (AvgIpc) is 2.24. The van der Waals surface area contributed by atoms with Gasteiger partial charge in [-0.15, -0.1) is 0 Å². The van der Waals surface area contributed by atoms with Crippen LogP contribution in [0.2, 0.25) is 0 Å². The van der Waals surface area contributed by atoms with E-state index in [1.807, 2.05) is 14.0 Å². The molecule has 1 fully saturated rings. The Bertz CT molecular complexity index is 235. The van der Waals surface area contributed by atoms with E-state index >= 15 is 0 Å². The lowest BCUT2D eigenvalue weighted by molar-refractivity contribution is -0.202. The maximum absolute atomic E-state index is 12.1. The molecule has 0 radical (unpaired) electrons. The summed E-state index contributed by atoms with van der Waals surface area (Å²) in [4.78, 5) is 2.19. The monoisotopic (exact) mass is 254 g/mol. The van der Waals surface area contributed by atoms with E-state index in [1.54, 1.807) is 0 Å². The Morgan fingerprint density at radius 2 is 2.12 bits per heavy atom. The van der Waals surface area contributed by atoms with Crippen molar-refractivity contribution in [1.82, 2.24) is 10.2 Å². The fourth-order valence-electron chi connectivity index (χ4n) is 2.19. The zero-order chi connectivity index (χ0) is 13.1. The molecule has 0 amide bonds. The molecule has 1 aliphatic rings. The highest BCUT2D eigenvalue weighted by Gasteiger charge is 2.38. The summed E-state index contributed by atoms with van der Waals surface area (Å²) in [6, 6.07) is -0.00486. The van der Waals surface area contributed by atoms with Gasteiger partial charge in [0.25, 0.3) is 0 Å². The third-order valence-corrected chi connectivity index (χ3v) is 3.38. The quantitative estimate of drug-likeness (QED) is 0.792. The molecule has 3 nitrogen and oxygen atoms in total. The summed E-state index contributed by atoms with van der Waals surface area (Å²) < 4.78 is 36.3. The number of hydrogen-bond acceptors (Lipinski definition) is 3. The standard InChI is InChI=1S/C11H21F3N2O/c1-8(9-4-3-5-16(2)7-9)15-6-10(17)11(12,13)14/h8-10,15,17H,3-7H2,1-2H3. The second kappa shape index (κ2) is 6.02. The number of halogens is 3. The van der Waals surface area contributed by atoms with Gasteiger partial charge in [-0.3, -0.25) is 0 Å². The van der Waals surface area contributed by atoms with Gasteiger partial charge < -0.3 is 15.3 Å². The lowest BCUT2D eigenvalue weighted by Crippen LogP contribution is -2.47. The largest absolute Gasteiger partial charge is 0.415 e. The van der Waals surface area contributed by atoms with Crippen LogP contribution in [0, 0.1) is 5.92 Å². The Labute approximate surface area is 100.0 Å². The smallest absolute Gasteiger partial charge is 0.382 e. The van der Waals surface area contributed by atoms with Crippen LogP contribution in [0.4, 0.5) is 13.2 Å². The number of aliphatic hydroxyl groups excluding tert-OH is 1. The van der Waals surface area contributed by atoms with Gasteiger partial charge in [0.05, 0.1) is 0 Å². The molecule has 1 rings (SSSR count). The van der Waals surface area contributed by atoms with Crippen molar-refractivity contribution < 1.29 is 18.3 Å². The topological polar surface area (TPSA) is 35.5 Å². The molecule has 0 bridgehead atoms. The van der Waals surface area contributed by atoms with Crippen molar-refractivity contribution in [2.45, 2.75) is 38.1 Å². The maximum atomic E-state index is 12.1. The SMILES string of the molecule is CC(NCC(O)C(F)(F)F)C1CCCN(C)C1. The highest BCUT2D eigenvalue weighted by Crippen LogP contribution is 2.21. The first-order valence-electron chi connectivity index (χ1n) is 5.97. The predicted octanol–water partition coefficient (Wildman–Crippen LogP) is 1.23. The molecule has 3 unspecified atom stereocenters. The summed E-state index contributed by atoms with van der Waals surface area (Å²) in [5.74, 6) is 0.356. The lowest BCUT2D eigenvalue weighted by Gasteiger charge is -2.34. The lowest BCUT2D eigenvalue weighted by atomic mass is 9.92. The Morgan fingerprint density at radius 1 is 1.47 bits per heavy atom. The molecule has 102 valence electrons. The van der Waals surface area contributed by atoms with Crippen LogP contribution in [0.1, 0.15) is 19.8 Å². The average molecular weight is 254 g/mol. The Balaban J connectivity index is 2.31. The van der Waals surface area contributed by atoms with Crippen LogP contribution in [0.3, 0.4) is 0 Å². The first kappa shape index (κ1) is 14.7. The minimum atomic E-state index is -4.53. The summed E-state index contributed by atoms with van der Waals surface area (Å²) >= 11 is 0. The first-order chi connectivity index (χ1) is 7.80. The van der Waals surface area contributed by atoms with Crippen LogP contribution in [0.5, 0.6) is 0 Å². The van der Waals surface area contributed by atoms with Gasteiger partial charge in [-0.05, 0) is 39.3 Å². The normalized spacial score (nSPS) is 26.8. The number of aliphatic hydroxyl groups is 1. The molecule has 1 saturated heterocycles. The molecular formula is C11H21F3N2O. The molecule has 0 aliphatic carbocycles. The fraction of sp³-hybridized carbons (Fsp3) is 1.00. The first-order valence-corrected chi connectivity index (χ1v) is 5.97. The van der Waals surface area contributed by atoms with Crippen LogP contribution in [-0.4, -0.2) is 55.0 Å². The van der Waals surface area contributed by atoms with Gasteiger partial charge in [-0.2, -0.15) is 13.2 Å². The van der Waals surface area contributed by atoms with Gasteiger partial charge in [0.15, 0.2) is 6.10 Å². The summed E-state index contributed by atoms with van der Waals surface area (Å²) in [5.41, 5.74) is 0. The van der Waals surface area contributed by atoms with Gasteiger partial charge in [0, 0.05) is 19.1 Å². The Kier molecular flexibility index (Phi) is 5.22. The van der Waals surface area contributed by atoms with Crippen LogP contribution in [-0.2, 0) is 0 Å². The number of hydrogen-bond donors (Lipinski definition) is 2. The molecule has 2 N–H and O–H groups in total. The van der Waals surface area contributed by atoms with Gasteiger partial charge in [0.2, 0.25) is 0 Å². The number of nitrogens with one attached hydrogen (secondary N) is 1. The van der Waals surface area contributed by atoms with Crippen LogP contribution >= 0.6 is 0 Å². The van der Waals surface area contributed by atoms with Gasteiger partial charge in [-0.25, -0.2) is 0 Å². The molecule has 0 aromatic heterocycles. The van der Waals surface area contributed by atoms with Crippen molar-refractivity contribution in [2.75, 3.05) is 26.7 Å². The van der Waals surface area contributed by atoms with Crippen LogP contribution in [0.25, 0.3) is 0 Å². The molecule has 17 heavy (non-hydrogen) atoms. The molecule has 1 heterocycles. The second-order valence-electron chi connectivity index (χ2n) is 4.92. The van der Waals surface area contributed by atoms with E-state index in [9.17, 15) is 13.2 Å². The molecule has 0 spiro atoms. The van der Waals surface area contributed by atoms with Crippen LogP contribution in [0.15, 0.2) is 0 Å². The second-order valence-corrected chi connectivity index (χ2v) is 4.92. The minimum Gasteiger partial charge on any atom is -0.382 e. The van der Waals surface area contributed by atoms with E-state index in [-0.39, 0.29) is 6.04 Å². The van der Waals surface area contributed by atoms with Crippen molar-refractivity contribution >= 4 is 0 Å². The fourth-order valence-corrected chi connectivity index (χ4v) is 2.19. The van der Waals surface area contributed by atoms with E-state index in [1.165, 1.54) is 0 Å². The summed E-state index contributed by atoms with van der Waals surface area (Å²) in [6.07, 6.45) is -4.70. The zero-order valence-corrected chi connectivity index (χ0v) is 10.3. The molecule has 0 aromatic carbocycles. The molecular weight excluding hydrogens is 233 g/mol. The minimum absolute atomic E-state index is 0.00486. The van der Waals surface area contributed by atoms with Gasteiger partial charge >= 0.3 is 6.18 Å². The third-order valence-electron chi connectivity index (χ3n) is 3.38. The van der Waals surface area contributed by atoms with Gasteiger partial charge in [0.1, 0.15) is 0 Å². The van der Waals surface area contributed by atoms with Crippen molar-refractivity contribution in [2.24, 2.45) is 5.92 Å². The van der Waals surface area contributed by atoms with Crippen molar-refractivity contribution in [3.63, 3.8) is 0 Å².